The van der Waals surface area contributed by atoms with Crippen molar-refractivity contribution in [1.29, 1.82) is 0 Å². The van der Waals surface area contributed by atoms with Crippen LogP contribution in [0.25, 0.3) is 0 Å². The van der Waals surface area contributed by atoms with Crippen molar-refractivity contribution in [1.82, 2.24) is 15.0 Å². The molecule has 2 aromatic heterocycles. The van der Waals surface area contributed by atoms with Gasteiger partial charge in [-0.15, -0.1) is 0 Å². The molecule has 2 heterocycles. The molecule has 0 saturated carbocycles. The standard InChI is InChI=1S/C12H14N4/c1-9-5-11(7-14-6-9)16-10(2)12-8-13-3-4-15-12/h3-8,10,16H,1-2H3. The van der Waals surface area contributed by atoms with Gasteiger partial charge in [-0.25, -0.2) is 0 Å². The van der Waals surface area contributed by atoms with Gasteiger partial charge < -0.3 is 5.32 Å². The Labute approximate surface area is 94.8 Å². The highest BCUT2D eigenvalue weighted by Crippen LogP contribution is 2.16. The summed E-state index contributed by atoms with van der Waals surface area (Å²) in [7, 11) is 0. The molecule has 1 atom stereocenters. The molecule has 4 heteroatoms. The summed E-state index contributed by atoms with van der Waals surface area (Å²) in [5, 5.41) is 3.33. The molecule has 0 aliphatic heterocycles. The van der Waals surface area contributed by atoms with E-state index in [0.717, 1.165) is 16.9 Å². The molecule has 82 valence electrons. The van der Waals surface area contributed by atoms with Gasteiger partial charge in [0.2, 0.25) is 0 Å². The summed E-state index contributed by atoms with van der Waals surface area (Å²) in [4.78, 5) is 12.4. The van der Waals surface area contributed by atoms with Crippen molar-refractivity contribution >= 4 is 5.69 Å². The zero-order valence-corrected chi connectivity index (χ0v) is 9.38. The average molecular weight is 214 g/mol. The average Bonchev–Trinajstić information content (AvgIpc) is 2.30. The van der Waals surface area contributed by atoms with Gasteiger partial charge in [0.25, 0.3) is 0 Å². The molecule has 2 aromatic rings. The molecule has 0 aliphatic carbocycles. The van der Waals surface area contributed by atoms with Crippen molar-refractivity contribution in [3.05, 3.63) is 48.3 Å². The summed E-state index contributed by atoms with van der Waals surface area (Å²) in [5.41, 5.74) is 3.05. The SMILES string of the molecule is Cc1cncc(NC(C)c2cnccn2)c1. The Kier molecular flexibility index (Phi) is 3.10. The summed E-state index contributed by atoms with van der Waals surface area (Å²) in [6, 6.07) is 2.18. The van der Waals surface area contributed by atoms with E-state index < -0.39 is 0 Å². The molecular formula is C12H14N4. The third kappa shape index (κ3) is 2.53. The predicted octanol–water partition coefficient (Wildman–Crippen LogP) is 2.35. The van der Waals surface area contributed by atoms with E-state index in [9.17, 15) is 0 Å². The quantitative estimate of drug-likeness (QED) is 0.852. The molecule has 2 rings (SSSR count). The Morgan fingerprint density at radius 3 is 2.69 bits per heavy atom. The number of hydrogen-bond donors (Lipinski definition) is 1. The van der Waals surface area contributed by atoms with Crippen molar-refractivity contribution in [2.45, 2.75) is 19.9 Å². The van der Waals surface area contributed by atoms with Crippen molar-refractivity contribution in [3.8, 4) is 0 Å². The van der Waals surface area contributed by atoms with Crippen LogP contribution in [0, 0.1) is 6.92 Å². The van der Waals surface area contributed by atoms with E-state index in [4.69, 9.17) is 0 Å². The maximum Gasteiger partial charge on any atom is 0.0806 e. The van der Waals surface area contributed by atoms with Gasteiger partial charge >= 0.3 is 0 Å². The normalized spacial score (nSPS) is 12.1. The van der Waals surface area contributed by atoms with Crippen LogP contribution >= 0.6 is 0 Å². The monoisotopic (exact) mass is 214 g/mol. The van der Waals surface area contributed by atoms with Gasteiger partial charge in [-0.3, -0.25) is 15.0 Å². The van der Waals surface area contributed by atoms with Gasteiger partial charge in [-0.2, -0.15) is 0 Å². The number of anilines is 1. The minimum atomic E-state index is 0.122. The van der Waals surface area contributed by atoms with Gasteiger partial charge in [0, 0.05) is 24.8 Å². The zero-order valence-electron chi connectivity index (χ0n) is 9.38. The van der Waals surface area contributed by atoms with E-state index in [2.05, 4.69) is 26.3 Å². The molecule has 4 nitrogen and oxygen atoms in total. The second-order valence-corrected chi connectivity index (χ2v) is 3.75. The summed E-state index contributed by atoms with van der Waals surface area (Å²) >= 11 is 0. The zero-order chi connectivity index (χ0) is 11.4. The van der Waals surface area contributed by atoms with Crippen LogP contribution in [0.5, 0.6) is 0 Å². The number of pyridine rings is 1. The first-order chi connectivity index (χ1) is 7.75. The van der Waals surface area contributed by atoms with E-state index in [1.165, 1.54) is 0 Å². The van der Waals surface area contributed by atoms with Crippen LogP contribution in [0.1, 0.15) is 24.2 Å². The van der Waals surface area contributed by atoms with Crippen LogP contribution in [-0.2, 0) is 0 Å². The van der Waals surface area contributed by atoms with Crippen LogP contribution in [0.15, 0.2) is 37.1 Å². The molecule has 0 aliphatic rings. The lowest BCUT2D eigenvalue weighted by molar-refractivity contribution is 0.826. The molecule has 1 N–H and O–H groups in total. The number of aryl methyl sites for hydroxylation is 1. The fourth-order valence-electron chi connectivity index (χ4n) is 1.49. The van der Waals surface area contributed by atoms with Gasteiger partial charge in [-0.05, 0) is 25.5 Å². The highest BCUT2D eigenvalue weighted by atomic mass is 15.0. The van der Waals surface area contributed by atoms with Crippen LogP contribution in [0.3, 0.4) is 0 Å². The first-order valence-electron chi connectivity index (χ1n) is 5.20. The summed E-state index contributed by atoms with van der Waals surface area (Å²) < 4.78 is 0. The lowest BCUT2D eigenvalue weighted by Gasteiger charge is -2.14. The summed E-state index contributed by atoms with van der Waals surface area (Å²) in [6.45, 7) is 4.07. The number of nitrogens with one attached hydrogen (secondary N) is 1. The van der Waals surface area contributed by atoms with E-state index in [-0.39, 0.29) is 6.04 Å². The first kappa shape index (κ1) is 10.5. The van der Waals surface area contributed by atoms with Crippen molar-refractivity contribution in [2.75, 3.05) is 5.32 Å². The molecule has 1 unspecified atom stereocenters. The fourth-order valence-corrected chi connectivity index (χ4v) is 1.49. The van der Waals surface area contributed by atoms with E-state index in [1.54, 1.807) is 24.8 Å². The highest BCUT2D eigenvalue weighted by molar-refractivity contribution is 5.44. The molecule has 0 spiro atoms. The van der Waals surface area contributed by atoms with Crippen molar-refractivity contribution in [3.63, 3.8) is 0 Å². The van der Waals surface area contributed by atoms with Crippen LogP contribution in [0.2, 0.25) is 0 Å². The molecule has 0 fully saturated rings. The van der Waals surface area contributed by atoms with Gasteiger partial charge in [0.1, 0.15) is 0 Å². The van der Waals surface area contributed by atoms with Gasteiger partial charge in [0.15, 0.2) is 0 Å². The summed E-state index contributed by atoms with van der Waals surface area (Å²) in [5.74, 6) is 0. The number of nitrogens with zero attached hydrogens (tertiary/aromatic N) is 3. The van der Waals surface area contributed by atoms with Crippen LogP contribution in [0.4, 0.5) is 5.69 Å². The van der Waals surface area contributed by atoms with E-state index in [1.807, 2.05) is 20.0 Å². The minimum absolute atomic E-state index is 0.122. The Balaban J connectivity index is 2.11. The minimum Gasteiger partial charge on any atom is -0.376 e. The Morgan fingerprint density at radius 2 is 2.00 bits per heavy atom. The van der Waals surface area contributed by atoms with E-state index >= 15 is 0 Å². The van der Waals surface area contributed by atoms with Crippen molar-refractivity contribution < 1.29 is 0 Å². The first-order valence-corrected chi connectivity index (χ1v) is 5.20. The maximum absolute atomic E-state index is 4.25. The molecule has 16 heavy (non-hydrogen) atoms. The molecule has 0 aromatic carbocycles. The van der Waals surface area contributed by atoms with Crippen molar-refractivity contribution in [2.24, 2.45) is 0 Å². The molecule has 0 bridgehead atoms. The summed E-state index contributed by atoms with van der Waals surface area (Å²) in [6.07, 6.45) is 8.77. The van der Waals surface area contributed by atoms with Crippen LogP contribution in [-0.4, -0.2) is 15.0 Å². The Bertz CT molecular complexity index is 456. The van der Waals surface area contributed by atoms with Gasteiger partial charge in [-0.1, -0.05) is 0 Å². The smallest absolute Gasteiger partial charge is 0.0806 e. The highest BCUT2D eigenvalue weighted by Gasteiger charge is 2.06. The lowest BCUT2D eigenvalue weighted by Crippen LogP contribution is -2.08. The molecule has 0 radical (unpaired) electrons. The molecule has 0 amide bonds. The van der Waals surface area contributed by atoms with Gasteiger partial charge in [0.05, 0.1) is 23.6 Å². The Morgan fingerprint density at radius 1 is 1.12 bits per heavy atom. The largest absolute Gasteiger partial charge is 0.376 e. The second-order valence-electron chi connectivity index (χ2n) is 3.75. The molecule has 0 saturated heterocycles. The fraction of sp³-hybridized carbons (Fsp3) is 0.250. The van der Waals surface area contributed by atoms with Crippen LogP contribution < -0.4 is 5.32 Å². The third-order valence-corrected chi connectivity index (χ3v) is 2.28. The lowest BCUT2D eigenvalue weighted by atomic mass is 10.2. The predicted molar refractivity (Wildman–Crippen MR) is 63.0 cm³/mol. The third-order valence-electron chi connectivity index (χ3n) is 2.28. The Hall–Kier alpha value is -1.97. The molecular weight excluding hydrogens is 200 g/mol. The number of rotatable bonds is 3. The topological polar surface area (TPSA) is 50.7 Å². The number of hydrogen-bond acceptors (Lipinski definition) is 4. The maximum atomic E-state index is 4.25. The van der Waals surface area contributed by atoms with E-state index in [0.29, 0.717) is 0 Å². The number of aromatic nitrogens is 3. The second kappa shape index (κ2) is 4.70.